The largest absolute Gasteiger partial charge is 0.497 e. The smallest absolute Gasteiger partial charge is 0.100 e. The van der Waals surface area contributed by atoms with Crippen molar-refractivity contribution in [3.8, 4) is 0 Å². The summed E-state index contributed by atoms with van der Waals surface area (Å²) < 4.78 is 5.76. The molecule has 1 fully saturated rings. The van der Waals surface area contributed by atoms with Crippen LogP contribution < -0.4 is 0 Å². The lowest BCUT2D eigenvalue weighted by molar-refractivity contribution is 0.107. The molecule has 0 saturated carbocycles. The molecule has 0 aromatic heterocycles. The number of piperidine rings is 1. The molecule has 0 aliphatic carbocycles. The average molecular weight is 225 g/mol. The van der Waals surface area contributed by atoms with Crippen molar-refractivity contribution in [3.05, 3.63) is 12.3 Å². The molecule has 0 N–H and O–H groups in total. The molecule has 1 heterocycles. The Hall–Kier alpha value is -0.500. The molecule has 2 heteroatoms. The van der Waals surface area contributed by atoms with Gasteiger partial charge in [0, 0.05) is 12.0 Å². The van der Waals surface area contributed by atoms with Gasteiger partial charge in [-0.25, -0.2) is 0 Å². The van der Waals surface area contributed by atoms with Gasteiger partial charge in [-0.05, 0) is 32.4 Å². The van der Waals surface area contributed by atoms with Crippen molar-refractivity contribution >= 4 is 0 Å². The van der Waals surface area contributed by atoms with Gasteiger partial charge in [0.15, 0.2) is 0 Å². The van der Waals surface area contributed by atoms with E-state index in [9.17, 15) is 0 Å². The molecular weight excluding hydrogens is 198 g/mol. The summed E-state index contributed by atoms with van der Waals surface area (Å²) in [5, 5.41) is 0. The minimum Gasteiger partial charge on any atom is -0.497 e. The van der Waals surface area contributed by atoms with Gasteiger partial charge in [-0.15, -0.1) is 0 Å². The Kier molecular flexibility index (Phi) is 5.33. The lowest BCUT2D eigenvalue weighted by Crippen LogP contribution is -2.33. The van der Waals surface area contributed by atoms with Gasteiger partial charge in [0.25, 0.3) is 0 Å². The maximum Gasteiger partial charge on any atom is 0.100 e. The number of hydrogen-bond acceptors (Lipinski definition) is 2. The number of nitrogens with zero attached hydrogens (tertiary/aromatic N) is 1. The molecule has 0 amide bonds. The third-order valence-corrected chi connectivity index (χ3v) is 3.77. The van der Waals surface area contributed by atoms with Crippen molar-refractivity contribution in [2.75, 3.05) is 26.2 Å². The van der Waals surface area contributed by atoms with E-state index < -0.39 is 0 Å². The van der Waals surface area contributed by atoms with Crippen LogP contribution in [-0.2, 0) is 4.74 Å². The van der Waals surface area contributed by atoms with Gasteiger partial charge >= 0.3 is 0 Å². The van der Waals surface area contributed by atoms with E-state index in [1.807, 2.05) is 0 Å². The van der Waals surface area contributed by atoms with Gasteiger partial charge in [0.2, 0.25) is 0 Å². The average Bonchev–Trinajstić information content (AvgIpc) is 2.30. The molecule has 0 spiro atoms. The zero-order valence-electron chi connectivity index (χ0n) is 11.2. The molecule has 16 heavy (non-hydrogen) atoms. The maximum atomic E-state index is 5.76. The second kappa shape index (κ2) is 6.29. The normalized spacial score (nSPS) is 18.4. The number of ether oxygens (including phenoxy) is 1. The fraction of sp³-hybridized carbons (Fsp3) is 0.857. The third kappa shape index (κ3) is 4.17. The minimum absolute atomic E-state index is 0.113. The van der Waals surface area contributed by atoms with E-state index >= 15 is 0 Å². The highest BCUT2D eigenvalue weighted by Crippen LogP contribution is 2.29. The number of likely N-dealkylation sites (tertiary alicyclic amines) is 1. The van der Waals surface area contributed by atoms with Crippen LogP contribution in [-0.4, -0.2) is 31.1 Å². The third-order valence-electron chi connectivity index (χ3n) is 3.77. The summed E-state index contributed by atoms with van der Waals surface area (Å²) in [6.07, 6.45) is 5.17. The standard InChI is InChI=1S/C14H27NO/c1-5-14(3,4)13(2)16-12-11-15-9-7-6-8-10-15/h2,5-12H2,1,3-4H3. The van der Waals surface area contributed by atoms with Gasteiger partial charge in [0.1, 0.15) is 6.61 Å². The Bertz CT molecular complexity index is 217. The zero-order valence-corrected chi connectivity index (χ0v) is 11.2. The van der Waals surface area contributed by atoms with E-state index in [1.165, 1.54) is 32.4 Å². The van der Waals surface area contributed by atoms with Crippen molar-refractivity contribution in [1.29, 1.82) is 0 Å². The predicted octanol–water partition coefficient (Wildman–Crippen LogP) is 3.44. The van der Waals surface area contributed by atoms with Crippen LogP contribution in [0.3, 0.4) is 0 Å². The van der Waals surface area contributed by atoms with Gasteiger partial charge in [-0.3, -0.25) is 4.90 Å². The fourth-order valence-electron chi connectivity index (χ4n) is 1.87. The molecule has 0 aromatic carbocycles. The Balaban J connectivity index is 2.17. The van der Waals surface area contributed by atoms with Crippen molar-refractivity contribution in [1.82, 2.24) is 4.90 Å². The highest BCUT2D eigenvalue weighted by Gasteiger charge is 2.21. The van der Waals surface area contributed by atoms with Crippen LogP contribution >= 0.6 is 0 Å². The summed E-state index contributed by atoms with van der Waals surface area (Å²) in [5.41, 5.74) is 0.113. The molecule has 0 radical (unpaired) electrons. The second-order valence-corrected chi connectivity index (χ2v) is 5.41. The molecule has 0 bridgehead atoms. The van der Waals surface area contributed by atoms with Crippen LogP contribution in [0.1, 0.15) is 46.5 Å². The first kappa shape index (κ1) is 13.6. The molecule has 0 unspecified atom stereocenters. The second-order valence-electron chi connectivity index (χ2n) is 5.41. The van der Waals surface area contributed by atoms with Gasteiger partial charge in [-0.1, -0.05) is 33.8 Å². The number of hydrogen-bond donors (Lipinski definition) is 0. The lowest BCUT2D eigenvalue weighted by atomic mass is 9.88. The highest BCUT2D eigenvalue weighted by molar-refractivity contribution is 4.97. The van der Waals surface area contributed by atoms with Crippen LogP contribution in [0.5, 0.6) is 0 Å². The van der Waals surface area contributed by atoms with Crippen molar-refractivity contribution in [3.63, 3.8) is 0 Å². The topological polar surface area (TPSA) is 12.5 Å². The first-order valence-electron chi connectivity index (χ1n) is 6.61. The molecule has 0 atom stereocenters. The monoisotopic (exact) mass is 225 g/mol. The maximum absolute atomic E-state index is 5.76. The molecule has 1 aliphatic rings. The first-order valence-corrected chi connectivity index (χ1v) is 6.61. The summed E-state index contributed by atoms with van der Waals surface area (Å²) in [6, 6.07) is 0. The van der Waals surface area contributed by atoms with E-state index in [0.29, 0.717) is 0 Å². The van der Waals surface area contributed by atoms with E-state index in [2.05, 4.69) is 32.3 Å². The van der Waals surface area contributed by atoms with Crippen molar-refractivity contribution < 1.29 is 4.74 Å². The van der Waals surface area contributed by atoms with Crippen LogP contribution in [0.2, 0.25) is 0 Å². The summed E-state index contributed by atoms with van der Waals surface area (Å²) in [5.74, 6) is 0.937. The van der Waals surface area contributed by atoms with E-state index in [-0.39, 0.29) is 5.41 Å². The van der Waals surface area contributed by atoms with Gasteiger partial charge in [-0.2, -0.15) is 0 Å². The van der Waals surface area contributed by atoms with Crippen LogP contribution in [0.4, 0.5) is 0 Å². The Morgan fingerprint density at radius 3 is 2.44 bits per heavy atom. The fourth-order valence-corrected chi connectivity index (χ4v) is 1.87. The molecule has 1 aliphatic heterocycles. The quantitative estimate of drug-likeness (QED) is 0.642. The molecule has 1 rings (SSSR count). The van der Waals surface area contributed by atoms with Crippen LogP contribution in [0, 0.1) is 5.41 Å². The lowest BCUT2D eigenvalue weighted by Gasteiger charge is -2.29. The molecular formula is C14H27NO. The van der Waals surface area contributed by atoms with Crippen LogP contribution in [0.25, 0.3) is 0 Å². The minimum atomic E-state index is 0.113. The molecule has 0 aromatic rings. The van der Waals surface area contributed by atoms with E-state index in [1.54, 1.807) is 0 Å². The predicted molar refractivity (Wildman–Crippen MR) is 69.5 cm³/mol. The number of allylic oxidation sites excluding steroid dienone is 1. The molecule has 1 saturated heterocycles. The Morgan fingerprint density at radius 1 is 1.25 bits per heavy atom. The van der Waals surface area contributed by atoms with Gasteiger partial charge in [0.05, 0.1) is 5.76 Å². The summed E-state index contributed by atoms with van der Waals surface area (Å²) in [4.78, 5) is 2.50. The summed E-state index contributed by atoms with van der Waals surface area (Å²) in [7, 11) is 0. The summed E-state index contributed by atoms with van der Waals surface area (Å²) in [6.45, 7) is 14.9. The van der Waals surface area contributed by atoms with Crippen molar-refractivity contribution in [2.45, 2.75) is 46.5 Å². The first-order chi connectivity index (χ1) is 7.56. The SMILES string of the molecule is C=C(OCCN1CCCCC1)C(C)(C)CC. The molecule has 2 nitrogen and oxygen atoms in total. The highest BCUT2D eigenvalue weighted by atomic mass is 16.5. The van der Waals surface area contributed by atoms with Crippen molar-refractivity contribution in [2.24, 2.45) is 5.41 Å². The van der Waals surface area contributed by atoms with E-state index in [0.717, 1.165) is 25.3 Å². The summed E-state index contributed by atoms with van der Waals surface area (Å²) >= 11 is 0. The van der Waals surface area contributed by atoms with Gasteiger partial charge < -0.3 is 4.74 Å². The van der Waals surface area contributed by atoms with Crippen LogP contribution in [0.15, 0.2) is 12.3 Å². The number of rotatable bonds is 6. The Labute approximate surface area is 101 Å². The zero-order chi connectivity index (χ0) is 12.0. The van der Waals surface area contributed by atoms with E-state index in [4.69, 9.17) is 4.74 Å². The Morgan fingerprint density at radius 2 is 1.88 bits per heavy atom. The molecule has 94 valence electrons.